The number of anilines is 1. The number of hydrogen-bond acceptors (Lipinski definition) is 4. The molecular weight excluding hydrogens is 342 g/mol. The summed E-state index contributed by atoms with van der Waals surface area (Å²) >= 11 is 4.79. The monoisotopic (exact) mass is 353 g/mol. The molecule has 104 valence electrons. The lowest BCUT2D eigenvalue weighted by molar-refractivity contribution is 0.0993. The maximum Gasteiger partial charge on any atom is 0.258 e. The summed E-state index contributed by atoms with van der Waals surface area (Å²) in [6.07, 6.45) is 0. The molecule has 7 heteroatoms. The number of nitrogens with two attached hydrogens (primary N) is 1. The Hall–Kier alpha value is -1.86. The molecule has 0 unspecified atom stereocenters. The third-order valence-corrected chi connectivity index (χ3v) is 4.26. The van der Waals surface area contributed by atoms with Gasteiger partial charge in [0.2, 0.25) is 0 Å². The highest BCUT2D eigenvalue weighted by Gasteiger charge is 2.15. The standard InChI is InChI=1S/C13H12BrN3O2S/c1-17(13(18)9-6-11(14)20-7-9)10-4-2-3-8(5-10)12(15)16-19/h2-7,19H,1H3,(H2,15,16). The quantitative estimate of drug-likeness (QED) is 0.385. The lowest BCUT2D eigenvalue weighted by atomic mass is 10.1. The molecular formula is C13H12BrN3O2S. The summed E-state index contributed by atoms with van der Waals surface area (Å²) in [5, 5.41) is 13.4. The van der Waals surface area contributed by atoms with Gasteiger partial charge >= 0.3 is 0 Å². The van der Waals surface area contributed by atoms with E-state index in [1.807, 2.05) is 0 Å². The largest absolute Gasteiger partial charge is 0.409 e. The van der Waals surface area contributed by atoms with E-state index in [0.29, 0.717) is 16.8 Å². The van der Waals surface area contributed by atoms with Crippen molar-refractivity contribution in [2.45, 2.75) is 0 Å². The number of carbonyl (C=O) groups is 1. The molecule has 0 bridgehead atoms. The molecule has 0 saturated heterocycles. The number of nitrogens with zero attached hydrogens (tertiary/aromatic N) is 2. The second kappa shape index (κ2) is 6.06. The first-order valence-electron chi connectivity index (χ1n) is 5.63. The summed E-state index contributed by atoms with van der Waals surface area (Å²) < 4.78 is 0.902. The number of hydrogen-bond donors (Lipinski definition) is 2. The Balaban J connectivity index is 2.29. The van der Waals surface area contributed by atoms with Gasteiger partial charge < -0.3 is 15.8 Å². The van der Waals surface area contributed by atoms with Gasteiger partial charge in [0.25, 0.3) is 5.91 Å². The van der Waals surface area contributed by atoms with Gasteiger partial charge in [0.15, 0.2) is 5.84 Å². The highest BCUT2D eigenvalue weighted by atomic mass is 79.9. The van der Waals surface area contributed by atoms with Crippen molar-refractivity contribution >= 4 is 44.7 Å². The lowest BCUT2D eigenvalue weighted by Gasteiger charge is -2.17. The van der Waals surface area contributed by atoms with Crippen LogP contribution in [0.1, 0.15) is 15.9 Å². The Kier molecular flexibility index (Phi) is 4.41. The van der Waals surface area contributed by atoms with E-state index in [4.69, 9.17) is 10.9 Å². The molecule has 1 aromatic heterocycles. The molecule has 0 spiro atoms. The van der Waals surface area contributed by atoms with Crippen molar-refractivity contribution in [1.82, 2.24) is 0 Å². The van der Waals surface area contributed by atoms with Crippen LogP contribution in [0.5, 0.6) is 0 Å². The van der Waals surface area contributed by atoms with Crippen LogP contribution in [0.2, 0.25) is 0 Å². The summed E-state index contributed by atoms with van der Waals surface area (Å²) in [7, 11) is 1.68. The fourth-order valence-electron chi connectivity index (χ4n) is 1.66. The van der Waals surface area contributed by atoms with Crippen molar-refractivity contribution in [3.05, 3.63) is 50.6 Å². The van der Waals surface area contributed by atoms with Gasteiger partial charge in [0.1, 0.15) is 0 Å². The number of thiophene rings is 1. The number of benzene rings is 1. The minimum absolute atomic E-state index is 0.00553. The van der Waals surface area contributed by atoms with Crippen LogP contribution in [0.25, 0.3) is 0 Å². The second-order valence-electron chi connectivity index (χ2n) is 4.04. The smallest absolute Gasteiger partial charge is 0.258 e. The Morgan fingerprint density at radius 1 is 1.40 bits per heavy atom. The Bertz CT molecular complexity index is 669. The van der Waals surface area contributed by atoms with E-state index in [1.54, 1.807) is 42.8 Å². The molecule has 0 saturated carbocycles. The molecule has 0 aliphatic carbocycles. The van der Waals surface area contributed by atoms with Crippen LogP contribution in [0, 0.1) is 0 Å². The Morgan fingerprint density at radius 2 is 2.15 bits per heavy atom. The lowest BCUT2D eigenvalue weighted by Crippen LogP contribution is -2.26. The zero-order valence-corrected chi connectivity index (χ0v) is 13.0. The van der Waals surface area contributed by atoms with Crippen molar-refractivity contribution in [1.29, 1.82) is 0 Å². The molecule has 2 rings (SSSR count). The van der Waals surface area contributed by atoms with Gasteiger partial charge in [-0.1, -0.05) is 17.3 Å². The fraction of sp³-hybridized carbons (Fsp3) is 0.0769. The summed E-state index contributed by atoms with van der Waals surface area (Å²) in [4.78, 5) is 13.8. The molecule has 0 fully saturated rings. The first kappa shape index (κ1) is 14.5. The molecule has 1 amide bonds. The molecule has 5 nitrogen and oxygen atoms in total. The van der Waals surface area contributed by atoms with Gasteiger partial charge in [-0.3, -0.25) is 4.79 Å². The normalized spacial score (nSPS) is 11.4. The van der Waals surface area contributed by atoms with Crippen LogP contribution in [0.4, 0.5) is 5.69 Å². The minimum Gasteiger partial charge on any atom is -0.409 e. The highest BCUT2D eigenvalue weighted by molar-refractivity contribution is 9.11. The average Bonchev–Trinajstić information content (AvgIpc) is 2.91. The van der Waals surface area contributed by atoms with Crippen molar-refractivity contribution in [2.75, 3.05) is 11.9 Å². The summed E-state index contributed by atoms with van der Waals surface area (Å²) in [6.45, 7) is 0. The number of oxime groups is 1. The minimum atomic E-state index is -0.122. The molecule has 1 aromatic carbocycles. The number of rotatable bonds is 3. The van der Waals surface area contributed by atoms with E-state index in [1.165, 1.54) is 16.2 Å². The summed E-state index contributed by atoms with van der Waals surface area (Å²) in [6, 6.07) is 8.70. The summed E-state index contributed by atoms with van der Waals surface area (Å²) in [5.41, 5.74) is 7.38. The zero-order valence-electron chi connectivity index (χ0n) is 10.6. The van der Waals surface area contributed by atoms with Crippen LogP contribution >= 0.6 is 27.3 Å². The van der Waals surface area contributed by atoms with Gasteiger partial charge in [-0.05, 0) is 34.1 Å². The van der Waals surface area contributed by atoms with Crippen molar-refractivity contribution in [3.8, 4) is 0 Å². The predicted molar refractivity (Wildman–Crippen MR) is 83.7 cm³/mol. The zero-order chi connectivity index (χ0) is 14.7. The van der Waals surface area contributed by atoms with Crippen LogP contribution in [-0.4, -0.2) is 24.0 Å². The second-order valence-corrected chi connectivity index (χ2v) is 6.33. The Morgan fingerprint density at radius 3 is 2.75 bits per heavy atom. The third kappa shape index (κ3) is 3.00. The molecule has 2 aromatic rings. The van der Waals surface area contributed by atoms with E-state index in [-0.39, 0.29) is 11.7 Å². The molecule has 0 radical (unpaired) electrons. The van der Waals surface area contributed by atoms with Crippen LogP contribution < -0.4 is 10.6 Å². The number of carbonyl (C=O) groups excluding carboxylic acids is 1. The van der Waals surface area contributed by atoms with Crippen LogP contribution in [0.3, 0.4) is 0 Å². The average molecular weight is 354 g/mol. The van der Waals surface area contributed by atoms with Crippen molar-refractivity contribution in [2.24, 2.45) is 10.9 Å². The Labute approximate surface area is 128 Å². The van der Waals surface area contributed by atoms with Crippen LogP contribution in [-0.2, 0) is 0 Å². The first-order chi connectivity index (χ1) is 9.52. The summed E-state index contributed by atoms with van der Waals surface area (Å²) in [5.74, 6) is -0.116. The third-order valence-electron chi connectivity index (χ3n) is 2.76. The van der Waals surface area contributed by atoms with Gasteiger partial charge in [-0.25, -0.2) is 0 Å². The van der Waals surface area contributed by atoms with E-state index in [2.05, 4.69) is 21.1 Å². The molecule has 20 heavy (non-hydrogen) atoms. The number of amidine groups is 1. The van der Waals surface area contributed by atoms with E-state index < -0.39 is 0 Å². The van der Waals surface area contributed by atoms with Gasteiger partial charge in [-0.15, -0.1) is 11.3 Å². The maximum atomic E-state index is 12.3. The number of amides is 1. The maximum absolute atomic E-state index is 12.3. The molecule has 1 heterocycles. The molecule has 3 N–H and O–H groups in total. The van der Waals surface area contributed by atoms with Gasteiger partial charge in [0, 0.05) is 23.7 Å². The van der Waals surface area contributed by atoms with Gasteiger partial charge in [0.05, 0.1) is 9.35 Å². The van der Waals surface area contributed by atoms with Gasteiger partial charge in [-0.2, -0.15) is 0 Å². The fourth-order valence-corrected chi connectivity index (χ4v) is 2.80. The number of halogens is 1. The van der Waals surface area contributed by atoms with E-state index in [9.17, 15) is 4.79 Å². The predicted octanol–water partition coefficient (Wildman–Crippen LogP) is 2.88. The van der Waals surface area contributed by atoms with E-state index in [0.717, 1.165) is 3.79 Å². The first-order valence-corrected chi connectivity index (χ1v) is 7.30. The van der Waals surface area contributed by atoms with Crippen molar-refractivity contribution in [3.63, 3.8) is 0 Å². The highest BCUT2D eigenvalue weighted by Crippen LogP contribution is 2.23. The van der Waals surface area contributed by atoms with Crippen LogP contribution in [0.15, 0.2) is 44.7 Å². The molecule has 0 aliphatic heterocycles. The SMILES string of the molecule is CN(C(=O)c1csc(Br)c1)c1cccc(/C(N)=N/O)c1. The molecule has 0 aliphatic rings. The van der Waals surface area contributed by atoms with Crippen molar-refractivity contribution < 1.29 is 10.0 Å². The molecule has 0 atom stereocenters. The topological polar surface area (TPSA) is 78.9 Å². The van der Waals surface area contributed by atoms with E-state index >= 15 is 0 Å².